The second kappa shape index (κ2) is 7.31. The fraction of sp³-hybridized carbons (Fsp3) is 0.250. The van der Waals surface area contributed by atoms with Crippen LogP contribution in [-0.4, -0.2) is 17.1 Å². The van der Waals surface area contributed by atoms with Crippen LogP contribution in [-0.2, 0) is 0 Å². The lowest BCUT2D eigenvalue weighted by Gasteiger charge is -2.30. The van der Waals surface area contributed by atoms with Gasteiger partial charge in [0.1, 0.15) is 20.5 Å². The molecule has 2 nitrogen and oxygen atoms in total. The molecule has 0 heterocycles. The maximum atomic E-state index is 6.32. The third kappa shape index (κ3) is 3.98. The number of hydrogen-bond donors (Lipinski definition) is 0. The SMILES string of the molecule is CC[Si][Si](CC)(Oc1ccccc1)Oc1ccccc1. The van der Waals surface area contributed by atoms with Gasteiger partial charge in [0.25, 0.3) is 0 Å². The summed E-state index contributed by atoms with van der Waals surface area (Å²) in [5, 5.41) is 0. The van der Waals surface area contributed by atoms with Crippen LogP contribution in [0.1, 0.15) is 13.8 Å². The van der Waals surface area contributed by atoms with Crippen LogP contribution in [0, 0.1) is 0 Å². The number of rotatable bonds is 7. The van der Waals surface area contributed by atoms with Crippen molar-refractivity contribution in [2.45, 2.75) is 25.9 Å². The fourth-order valence-electron chi connectivity index (χ4n) is 1.99. The monoisotopic (exact) mass is 300 g/mol. The molecule has 0 aliphatic rings. The zero-order valence-electron chi connectivity index (χ0n) is 12.0. The molecule has 0 bridgehead atoms. The molecule has 0 aliphatic carbocycles. The molecule has 4 heteroatoms. The van der Waals surface area contributed by atoms with Gasteiger partial charge in [-0.3, -0.25) is 0 Å². The lowest BCUT2D eigenvalue weighted by Crippen LogP contribution is -2.54. The van der Waals surface area contributed by atoms with Crippen LogP contribution in [0.3, 0.4) is 0 Å². The first-order chi connectivity index (χ1) is 9.78. The number of para-hydroxylation sites is 2. The van der Waals surface area contributed by atoms with E-state index in [0.717, 1.165) is 32.6 Å². The molecular formula is C16H20O2Si2. The molecular weight excluding hydrogens is 280 g/mol. The van der Waals surface area contributed by atoms with E-state index < -0.39 is 8.08 Å². The minimum absolute atomic E-state index is 0.722. The van der Waals surface area contributed by atoms with Gasteiger partial charge in [0, 0.05) is 6.04 Å². The smallest absolute Gasteiger partial charge is 0.425 e. The maximum Gasteiger partial charge on any atom is 0.425 e. The molecule has 0 aromatic heterocycles. The predicted octanol–water partition coefficient (Wildman–Crippen LogP) is 4.25. The molecule has 0 amide bonds. The molecule has 0 atom stereocenters. The van der Waals surface area contributed by atoms with E-state index in [0.29, 0.717) is 0 Å². The lowest BCUT2D eigenvalue weighted by molar-refractivity contribution is 0.408. The summed E-state index contributed by atoms with van der Waals surface area (Å²) in [6.07, 6.45) is 0. The van der Waals surface area contributed by atoms with E-state index in [4.69, 9.17) is 8.85 Å². The Morgan fingerprint density at radius 3 is 1.60 bits per heavy atom. The summed E-state index contributed by atoms with van der Waals surface area (Å²) in [7, 11) is -1.50. The molecule has 0 fully saturated rings. The van der Waals surface area contributed by atoms with Crippen molar-refractivity contribution in [3.8, 4) is 11.5 Å². The summed E-state index contributed by atoms with van der Waals surface area (Å²) in [4.78, 5) is 0. The largest absolute Gasteiger partial charge is 0.515 e. The van der Waals surface area contributed by atoms with Gasteiger partial charge >= 0.3 is 8.08 Å². The van der Waals surface area contributed by atoms with E-state index in [1.807, 2.05) is 60.7 Å². The molecule has 0 spiro atoms. The van der Waals surface area contributed by atoms with Gasteiger partial charge < -0.3 is 8.85 Å². The Hall–Kier alpha value is -1.53. The average Bonchev–Trinajstić information content (AvgIpc) is 2.49. The molecule has 2 aromatic rings. The van der Waals surface area contributed by atoms with Crippen molar-refractivity contribution in [2.75, 3.05) is 0 Å². The Balaban J connectivity index is 2.20. The minimum Gasteiger partial charge on any atom is -0.515 e. The van der Waals surface area contributed by atoms with Crippen LogP contribution in [0.25, 0.3) is 0 Å². The predicted molar refractivity (Wildman–Crippen MR) is 86.6 cm³/mol. The normalized spacial score (nSPS) is 11.1. The zero-order valence-corrected chi connectivity index (χ0v) is 14.0. The Morgan fingerprint density at radius 2 is 1.25 bits per heavy atom. The van der Waals surface area contributed by atoms with Crippen LogP contribution in [0.4, 0.5) is 0 Å². The summed E-state index contributed by atoms with van der Waals surface area (Å²) in [5.74, 6) is 1.83. The quantitative estimate of drug-likeness (QED) is 0.712. The molecule has 104 valence electrons. The number of benzene rings is 2. The van der Waals surface area contributed by atoms with Gasteiger partial charge in [-0.2, -0.15) is 0 Å². The highest BCUT2D eigenvalue weighted by molar-refractivity contribution is 7.18. The van der Waals surface area contributed by atoms with Crippen molar-refractivity contribution >= 4 is 17.1 Å². The Morgan fingerprint density at radius 1 is 0.800 bits per heavy atom. The zero-order chi connectivity index (χ0) is 14.3. The molecule has 0 N–H and O–H groups in total. The summed E-state index contributed by atoms with van der Waals surface area (Å²) in [6.45, 7) is 4.36. The van der Waals surface area contributed by atoms with E-state index in [-0.39, 0.29) is 0 Å². The third-order valence-corrected chi connectivity index (χ3v) is 10.3. The van der Waals surface area contributed by atoms with E-state index in [1.54, 1.807) is 0 Å². The van der Waals surface area contributed by atoms with Gasteiger partial charge in [-0.25, -0.2) is 0 Å². The maximum absolute atomic E-state index is 6.32. The van der Waals surface area contributed by atoms with Crippen molar-refractivity contribution in [3.63, 3.8) is 0 Å². The van der Waals surface area contributed by atoms with Crippen LogP contribution in [0.15, 0.2) is 60.7 Å². The summed E-state index contributed by atoms with van der Waals surface area (Å²) in [5.41, 5.74) is 0. The van der Waals surface area contributed by atoms with Crippen molar-refractivity contribution < 1.29 is 8.85 Å². The molecule has 0 saturated carbocycles. The highest BCUT2D eigenvalue weighted by Crippen LogP contribution is 2.22. The molecule has 20 heavy (non-hydrogen) atoms. The van der Waals surface area contributed by atoms with E-state index in [2.05, 4.69) is 13.8 Å². The van der Waals surface area contributed by atoms with Gasteiger partial charge in [0.05, 0.1) is 0 Å². The first-order valence-corrected chi connectivity index (χ1v) is 11.2. The van der Waals surface area contributed by atoms with E-state index >= 15 is 0 Å². The lowest BCUT2D eigenvalue weighted by atomic mass is 10.3. The highest BCUT2D eigenvalue weighted by atomic mass is 29.2. The van der Waals surface area contributed by atoms with Gasteiger partial charge in [-0.05, 0) is 24.3 Å². The molecule has 0 aliphatic heterocycles. The second-order valence-electron chi connectivity index (χ2n) is 4.47. The minimum atomic E-state index is -2.22. The first kappa shape index (κ1) is 14.9. The summed E-state index contributed by atoms with van der Waals surface area (Å²) < 4.78 is 12.6. The van der Waals surface area contributed by atoms with Crippen molar-refractivity contribution in [1.29, 1.82) is 0 Å². The highest BCUT2D eigenvalue weighted by Gasteiger charge is 2.39. The Labute approximate surface area is 124 Å². The second-order valence-corrected chi connectivity index (χ2v) is 11.5. The molecule has 2 radical (unpaired) electrons. The first-order valence-electron chi connectivity index (χ1n) is 7.01. The summed E-state index contributed by atoms with van der Waals surface area (Å²) >= 11 is 0. The van der Waals surface area contributed by atoms with Crippen molar-refractivity contribution in [2.24, 2.45) is 0 Å². The topological polar surface area (TPSA) is 18.5 Å². The van der Waals surface area contributed by atoms with Crippen LogP contribution in [0.2, 0.25) is 12.1 Å². The molecule has 0 unspecified atom stereocenters. The van der Waals surface area contributed by atoms with Gasteiger partial charge in [0.2, 0.25) is 0 Å². The van der Waals surface area contributed by atoms with E-state index in [1.165, 1.54) is 0 Å². The Bertz CT molecular complexity index is 461. The van der Waals surface area contributed by atoms with Crippen LogP contribution < -0.4 is 8.85 Å². The average molecular weight is 301 g/mol. The molecule has 2 aromatic carbocycles. The van der Waals surface area contributed by atoms with Gasteiger partial charge in [-0.1, -0.05) is 56.3 Å². The van der Waals surface area contributed by atoms with Crippen LogP contribution >= 0.6 is 0 Å². The molecule has 2 rings (SSSR count). The fourth-order valence-corrected chi connectivity index (χ4v) is 7.79. The van der Waals surface area contributed by atoms with Gasteiger partial charge in [0.15, 0.2) is 0 Å². The Kier molecular flexibility index (Phi) is 5.43. The van der Waals surface area contributed by atoms with Crippen molar-refractivity contribution in [1.82, 2.24) is 0 Å². The van der Waals surface area contributed by atoms with Crippen LogP contribution in [0.5, 0.6) is 11.5 Å². The molecule has 0 saturated heterocycles. The number of hydrogen-bond acceptors (Lipinski definition) is 2. The standard InChI is InChI=1S/C16H20O2Si2/c1-3-19-20(4-2,17-15-11-7-5-8-12-15)18-16-13-9-6-10-14-16/h5-14H,3-4H2,1-2H3. The van der Waals surface area contributed by atoms with Gasteiger partial charge in [-0.15, -0.1) is 0 Å². The van der Waals surface area contributed by atoms with Crippen molar-refractivity contribution in [3.05, 3.63) is 60.7 Å². The van der Waals surface area contributed by atoms with E-state index in [9.17, 15) is 0 Å². The summed E-state index contributed by atoms with van der Waals surface area (Å²) in [6, 6.07) is 22.1. The third-order valence-electron chi connectivity index (χ3n) is 2.96.